The number of anilines is 1. The van der Waals surface area contributed by atoms with Gasteiger partial charge in [-0.3, -0.25) is 4.79 Å². The first kappa shape index (κ1) is 26.6. The molecule has 2 N–H and O–H groups in total. The van der Waals surface area contributed by atoms with Gasteiger partial charge in [0.15, 0.2) is 17.2 Å². The first-order valence-corrected chi connectivity index (χ1v) is 12.6. The van der Waals surface area contributed by atoms with Crippen LogP contribution in [0.1, 0.15) is 30.1 Å². The lowest BCUT2D eigenvalue weighted by atomic mass is 10.1. The molecule has 9 nitrogen and oxygen atoms in total. The Morgan fingerprint density at radius 2 is 2.08 bits per heavy atom. The van der Waals surface area contributed by atoms with Crippen molar-refractivity contribution in [1.29, 1.82) is 0 Å². The van der Waals surface area contributed by atoms with E-state index in [2.05, 4.69) is 33.5 Å². The zero-order chi connectivity index (χ0) is 28.1. The van der Waals surface area contributed by atoms with Gasteiger partial charge in [-0.05, 0) is 54.7 Å². The fraction of sp³-hybridized carbons (Fsp3) is 0.241. The van der Waals surface area contributed by atoms with Gasteiger partial charge in [0.05, 0.1) is 11.4 Å². The number of benzene rings is 2. The van der Waals surface area contributed by atoms with E-state index in [-0.39, 0.29) is 42.5 Å². The molecule has 0 bridgehead atoms. The van der Waals surface area contributed by atoms with Crippen molar-refractivity contribution in [2.75, 3.05) is 25.4 Å². The lowest BCUT2D eigenvalue weighted by Gasteiger charge is -2.32. The lowest BCUT2D eigenvalue weighted by Crippen LogP contribution is -2.40. The van der Waals surface area contributed by atoms with Crippen LogP contribution in [0.3, 0.4) is 0 Å². The standard InChI is InChI=1S/C29H26F2N6O3/c1-2-26(38)36-12-4-8-21(16-36)37-29-27(28(32)33-18-34-29)24(35-37)9-5-13-39-25-15-22(10-11-23(25)31)40-17-19-6-3-7-20(30)14-19/h2-3,6-7,10-11,14-15,18,21H,1,4,8,12-13,16-17H2,(H2,32,33,34). The number of nitrogens with two attached hydrogens (primary N) is 1. The van der Waals surface area contributed by atoms with Crippen LogP contribution >= 0.6 is 0 Å². The molecule has 1 fully saturated rings. The van der Waals surface area contributed by atoms with Crippen LogP contribution in [-0.2, 0) is 11.4 Å². The molecule has 1 amide bonds. The minimum atomic E-state index is -0.580. The Morgan fingerprint density at radius 3 is 2.90 bits per heavy atom. The van der Waals surface area contributed by atoms with Crippen molar-refractivity contribution in [3.8, 4) is 23.3 Å². The fourth-order valence-corrected chi connectivity index (χ4v) is 4.53. The van der Waals surface area contributed by atoms with Crippen LogP contribution in [-0.4, -0.2) is 50.3 Å². The van der Waals surface area contributed by atoms with Crippen LogP contribution < -0.4 is 15.2 Å². The normalized spacial score (nSPS) is 14.8. The molecule has 0 aliphatic carbocycles. The molecule has 2 aromatic heterocycles. The van der Waals surface area contributed by atoms with E-state index in [0.717, 1.165) is 12.8 Å². The highest BCUT2D eigenvalue weighted by molar-refractivity contribution is 5.90. The zero-order valence-corrected chi connectivity index (χ0v) is 21.5. The molecule has 0 saturated carbocycles. The van der Waals surface area contributed by atoms with E-state index in [0.29, 0.717) is 41.1 Å². The lowest BCUT2D eigenvalue weighted by molar-refractivity contribution is -0.127. The molecule has 0 radical (unpaired) electrons. The van der Waals surface area contributed by atoms with Crippen LogP contribution in [0.15, 0.2) is 61.4 Å². The Balaban J connectivity index is 1.31. The van der Waals surface area contributed by atoms with E-state index in [4.69, 9.17) is 15.2 Å². The minimum Gasteiger partial charge on any atom is -0.489 e. The molecule has 1 aliphatic rings. The summed E-state index contributed by atoms with van der Waals surface area (Å²) in [7, 11) is 0. The van der Waals surface area contributed by atoms with E-state index in [1.165, 1.54) is 42.7 Å². The maximum absolute atomic E-state index is 14.4. The molecular weight excluding hydrogens is 518 g/mol. The maximum Gasteiger partial charge on any atom is 0.246 e. The summed E-state index contributed by atoms with van der Waals surface area (Å²) < 4.78 is 40.7. The smallest absolute Gasteiger partial charge is 0.246 e. The number of halogens is 2. The summed E-state index contributed by atoms with van der Waals surface area (Å²) in [5.74, 6) is 5.25. The predicted molar refractivity (Wildman–Crippen MR) is 144 cm³/mol. The molecular formula is C29H26F2N6O3. The number of hydrogen-bond donors (Lipinski definition) is 1. The molecule has 1 unspecified atom stereocenters. The SMILES string of the molecule is C=CC(=O)N1CCCC(n2nc(C#CCOc3cc(OCc4cccc(F)c4)ccc3F)c3c(N)ncnc32)C1. The summed E-state index contributed by atoms with van der Waals surface area (Å²) in [6.45, 7) is 4.65. The van der Waals surface area contributed by atoms with Crippen LogP contribution in [0.4, 0.5) is 14.6 Å². The second-order valence-electron chi connectivity index (χ2n) is 9.14. The van der Waals surface area contributed by atoms with Gasteiger partial charge in [0.1, 0.15) is 42.6 Å². The molecule has 11 heteroatoms. The molecule has 1 saturated heterocycles. The summed E-state index contributed by atoms with van der Waals surface area (Å²) in [5.41, 5.74) is 7.66. The van der Waals surface area contributed by atoms with Crippen molar-refractivity contribution < 1.29 is 23.0 Å². The quantitative estimate of drug-likeness (QED) is 0.276. The van der Waals surface area contributed by atoms with E-state index >= 15 is 0 Å². The van der Waals surface area contributed by atoms with Gasteiger partial charge >= 0.3 is 0 Å². The molecule has 204 valence electrons. The van der Waals surface area contributed by atoms with Gasteiger partial charge in [0.2, 0.25) is 5.91 Å². The number of fused-ring (bicyclic) bond motifs is 1. The van der Waals surface area contributed by atoms with Crippen LogP contribution in [0.2, 0.25) is 0 Å². The number of hydrogen-bond acceptors (Lipinski definition) is 7. The predicted octanol–water partition coefficient (Wildman–Crippen LogP) is 4.05. The van der Waals surface area contributed by atoms with Crippen molar-refractivity contribution in [3.05, 3.63) is 84.3 Å². The third kappa shape index (κ3) is 5.86. The Labute approximate surface area is 229 Å². The van der Waals surface area contributed by atoms with Gasteiger partial charge in [-0.25, -0.2) is 23.4 Å². The topological polar surface area (TPSA) is 108 Å². The number of nitrogens with zero attached hydrogens (tertiary/aromatic N) is 5. The first-order valence-electron chi connectivity index (χ1n) is 12.6. The highest BCUT2D eigenvalue weighted by Crippen LogP contribution is 2.28. The summed E-state index contributed by atoms with van der Waals surface area (Å²) in [5, 5.41) is 5.15. The van der Waals surface area contributed by atoms with E-state index in [9.17, 15) is 13.6 Å². The number of nitrogen functional groups attached to an aromatic ring is 1. The molecule has 5 rings (SSSR count). The zero-order valence-electron chi connectivity index (χ0n) is 21.5. The Kier molecular flexibility index (Phi) is 7.87. The van der Waals surface area contributed by atoms with Crippen molar-refractivity contribution in [1.82, 2.24) is 24.6 Å². The molecule has 0 spiro atoms. The molecule has 40 heavy (non-hydrogen) atoms. The second kappa shape index (κ2) is 11.8. The van der Waals surface area contributed by atoms with E-state index in [1.807, 2.05) is 0 Å². The molecule has 4 aromatic rings. The average Bonchev–Trinajstić information content (AvgIpc) is 3.35. The fourth-order valence-electron chi connectivity index (χ4n) is 4.53. The van der Waals surface area contributed by atoms with Crippen molar-refractivity contribution in [3.63, 3.8) is 0 Å². The summed E-state index contributed by atoms with van der Waals surface area (Å²) in [6, 6.07) is 10.0. The van der Waals surface area contributed by atoms with Gasteiger partial charge in [0.25, 0.3) is 0 Å². The third-order valence-corrected chi connectivity index (χ3v) is 6.45. The molecule has 1 atom stereocenters. The van der Waals surface area contributed by atoms with Crippen molar-refractivity contribution in [2.24, 2.45) is 0 Å². The largest absolute Gasteiger partial charge is 0.489 e. The van der Waals surface area contributed by atoms with Crippen LogP contribution in [0.25, 0.3) is 11.0 Å². The number of ether oxygens (including phenoxy) is 2. The van der Waals surface area contributed by atoms with Gasteiger partial charge in [-0.2, -0.15) is 5.10 Å². The Bertz CT molecular complexity index is 1630. The minimum absolute atomic E-state index is 0.0431. The molecule has 3 heterocycles. The summed E-state index contributed by atoms with van der Waals surface area (Å²) in [4.78, 5) is 22.3. The third-order valence-electron chi connectivity index (χ3n) is 6.45. The molecule has 2 aromatic carbocycles. The van der Waals surface area contributed by atoms with E-state index < -0.39 is 5.82 Å². The highest BCUT2D eigenvalue weighted by Gasteiger charge is 2.27. The highest BCUT2D eigenvalue weighted by atomic mass is 19.1. The average molecular weight is 545 g/mol. The number of carbonyl (C=O) groups is 1. The Morgan fingerprint density at radius 1 is 1.20 bits per heavy atom. The van der Waals surface area contributed by atoms with Crippen LogP contribution in [0.5, 0.6) is 11.5 Å². The molecule has 1 aliphatic heterocycles. The number of likely N-dealkylation sites (tertiary alicyclic amines) is 1. The van der Waals surface area contributed by atoms with E-state index in [1.54, 1.807) is 21.7 Å². The number of amides is 1. The number of piperidine rings is 1. The first-order chi connectivity index (χ1) is 19.4. The van der Waals surface area contributed by atoms with Crippen molar-refractivity contribution in [2.45, 2.75) is 25.5 Å². The van der Waals surface area contributed by atoms with Crippen LogP contribution in [0, 0.1) is 23.5 Å². The second-order valence-corrected chi connectivity index (χ2v) is 9.14. The van der Waals surface area contributed by atoms with Gasteiger partial charge < -0.3 is 20.1 Å². The van der Waals surface area contributed by atoms with Crippen molar-refractivity contribution >= 4 is 22.8 Å². The number of carbonyl (C=O) groups excluding carboxylic acids is 1. The maximum atomic E-state index is 14.4. The van der Waals surface area contributed by atoms with Gasteiger partial charge in [-0.15, -0.1) is 0 Å². The number of rotatable bonds is 7. The van der Waals surface area contributed by atoms with Gasteiger partial charge in [-0.1, -0.05) is 24.6 Å². The van der Waals surface area contributed by atoms with Gasteiger partial charge in [0, 0.05) is 19.2 Å². The summed E-state index contributed by atoms with van der Waals surface area (Å²) in [6.07, 6.45) is 4.26. The Hall–Kier alpha value is -4.98. The number of aromatic nitrogens is 4. The monoisotopic (exact) mass is 544 g/mol. The summed E-state index contributed by atoms with van der Waals surface area (Å²) >= 11 is 0.